The number of aryl methyl sites for hydroxylation is 1. The van der Waals surface area contributed by atoms with E-state index in [4.69, 9.17) is 4.74 Å². The molecule has 1 N–H and O–H groups in total. The first-order valence-electron chi connectivity index (χ1n) is 8.08. The fourth-order valence-corrected chi connectivity index (χ4v) is 3.98. The van der Waals surface area contributed by atoms with Gasteiger partial charge in [-0.15, -0.1) is 0 Å². The summed E-state index contributed by atoms with van der Waals surface area (Å²) in [6.45, 7) is 3.67. The van der Waals surface area contributed by atoms with E-state index in [1.807, 2.05) is 10.7 Å². The summed E-state index contributed by atoms with van der Waals surface area (Å²) in [5, 5.41) is 15.0. The molecule has 1 saturated heterocycles. The summed E-state index contributed by atoms with van der Waals surface area (Å²) >= 11 is 0. The standard InChI is InChI=1S/C16H26N2O2/c1-2-18-14(6-10-17-18)15(19)13-7-11-20-16(12-13)8-4-3-5-9-16/h6,10,13,15,19H,2-5,7-9,11-12H2,1H3. The van der Waals surface area contributed by atoms with Gasteiger partial charge in [0.1, 0.15) is 0 Å². The number of rotatable bonds is 3. The van der Waals surface area contributed by atoms with Crippen molar-refractivity contribution in [2.45, 2.75) is 70.1 Å². The Hall–Kier alpha value is -0.870. The van der Waals surface area contributed by atoms with E-state index >= 15 is 0 Å². The highest BCUT2D eigenvalue weighted by atomic mass is 16.5. The van der Waals surface area contributed by atoms with Crippen molar-refractivity contribution < 1.29 is 9.84 Å². The van der Waals surface area contributed by atoms with Crippen molar-refractivity contribution in [2.24, 2.45) is 5.92 Å². The van der Waals surface area contributed by atoms with Gasteiger partial charge in [-0.1, -0.05) is 19.3 Å². The molecule has 3 rings (SSSR count). The summed E-state index contributed by atoms with van der Waals surface area (Å²) in [6.07, 6.45) is 9.57. The lowest BCUT2D eigenvalue weighted by molar-refractivity contribution is -0.134. The van der Waals surface area contributed by atoms with Gasteiger partial charge in [-0.2, -0.15) is 5.10 Å². The lowest BCUT2D eigenvalue weighted by Crippen LogP contribution is -2.43. The maximum Gasteiger partial charge on any atom is 0.0986 e. The van der Waals surface area contributed by atoms with Crippen LogP contribution in [0.1, 0.15) is 63.7 Å². The second-order valence-electron chi connectivity index (χ2n) is 6.36. The SMILES string of the molecule is CCn1nccc1C(O)C1CCOC2(CCCCC2)C1. The summed E-state index contributed by atoms with van der Waals surface area (Å²) in [4.78, 5) is 0. The Morgan fingerprint density at radius 1 is 1.45 bits per heavy atom. The van der Waals surface area contributed by atoms with Crippen LogP contribution >= 0.6 is 0 Å². The van der Waals surface area contributed by atoms with E-state index in [2.05, 4.69) is 12.0 Å². The Morgan fingerprint density at radius 3 is 3.00 bits per heavy atom. The van der Waals surface area contributed by atoms with Crippen LogP contribution in [0.4, 0.5) is 0 Å². The van der Waals surface area contributed by atoms with Gasteiger partial charge in [0.25, 0.3) is 0 Å². The third-order valence-electron chi connectivity index (χ3n) is 5.09. The molecular formula is C16H26N2O2. The molecule has 0 aromatic carbocycles. The quantitative estimate of drug-likeness (QED) is 0.924. The van der Waals surface area contributed by atoms with Gasteiger partial charge >= 0.3 is 0 Å². The fraction of sp³-hybridized carbons (Fsp3) is 0.812. The predicted molar refractivity (Wildman–Crippen MR) is 77.4 cm³/mol. The maximum absolute atomic E-state index is 10.7. The Bertz CT molecular complexity index is 432. The van der Waals surface area contributed by atoms with E-state index in [0.29, 0.717) is 5.92 Å². The third kappa shape index (κ3) is 2.63. The van der Waals surface area contributed by atoms with Crippen LogP contribution in [0.25, 0.3) is 0 Å². The van der Waals surface area contributed by atoms with Crippen LogP contribution in [0.2, 0.25) is 0 Å². The zero-order valence-electron chi connectivity index (χ0n) is 12.4. The van der Waals surface area contributed by atoms with Crippen LogP contribution in [-0.2, 0) is 11.3 Å². The first kappa shape index (κ1) is 14.1. The lowest BCUT2D eigenvalue weighted by Gasteiger charge is -2.44. The molecule has 20 heavy (non-hydrogen) atoms. The molecule has 2 fully saturated rings. The van der Waals surface area contributed by atoms with E-state index in [0.717, 1.165) is 31.7 Å². The molecule has 1 aliphatic heterocycles. The molecule has 2 unspecified atom stereocenters. The van der Waals surface area contributed by atoms with Crippen molar-refractivity contribution in [3.63, 3.8) is 0 Å². The number of nitrogens with zero attached hydrogens (tertiary/aromatic N) is 2. The van der Waals surface area contributed by atoms with Crippen LogP contribution in [0.3, 0.4) is 0 Å². The maximum atomic E-state index is 10.7. The van der Waals surface area contributed by atoms with Crippen molar-refractivity contribution >= 4 is 0 Å². The largest absolute Gasteiger partial charge is 0.387 e. The van der Waals surface area contributed by atoms with Crippen molar-refractivity contribution in [1.82, 2.24) is 9.78 Å². The third-order valence-corrected chi connectivity index (χ3v) is 5.09. The number of aliphatic hydroxyl groups excluding tert-OH is 1. The van der Waals surface area contributed by atoms with Crippen molar-refractivity contribution in [3.05, 3.63) is 18.0 Å². The van der Waals surface area contributed by atoms with Crippen LogP contribution in [0.15, 0.2) is 12.3 Å². The summed E-state index contributed by atoms with van der Waals surface area (Å²) in [6, 6.07) is 1.96. The molecule has 1 aliphatic carbocycles. The second kappa shape index (κ2) is 5.86. The molecule has 2 aliphatic rings. The van der Waals surface area contributed by atoms with Gasteiger partial charge in [0, 0.05) is 19.3 Å². The number of hydrogen-bond acceptors (Lipinski definition) is 3. The first-order valence-corrected chi connectivity index (χ1v) is 8.08. The molecule has 4 nitrogen and oxygen atoms in total. The zero-order chi connectivity index (χ0) is 14.0. The van der Waals surface area contributed by atoms with Gasteiger partial charge in [-0.05, 0) is 44.6 Å². The minimum atomic E-state index is -0.403. The molecule has 1 aromatic rings. The molecule has 2 atom stereocenters. The van der Waals surface area contributed by atoms with E-state index in [1.54, 1.807) is 6.20 Å². The number of hydrogen-bond donors (Lipinski definition) is 1. The molecule has 1 aromatic heterocycles. The molecule has 112 valence electrons. The van der Waals surface area contributed by atoms with E-state index in [9.17, 15) is 5.11 Å². The normalized spacial score (nSPS) is 27.6. The molecule has 0 amide bonds. The Morgan fingerprint density at radius 2 is 2.25 bits per heavy atom. The lowest BCUT2D eigenvalue weighted by atomic mass is 9.74. The first-order chi connectivity index (χ1) is 9.74. The molecule has 1 spiro atoms. The van der Waals surface area contributed by atoms with Gasteiger partial charge < -0.3 is 9.84 Å². The van der Waals surface area contributed by atoms with Crippen molar-refractivity contribution in [2.75, 3.05) is 6.61 Å². The van der Waals surface area contributed by atoms with Crippen LogP contribution in [0.5, 0.6) is 0 Å². The minimum Gasteiger partial charge on any atom is -0.387 e. The van der Waals surface area contributed by atoms with Crippen molar-refractivity contribution in [3.8, 4) is 0 Å². The second-order valence-corrected chi connectivity index (χ2v) is 6.36. The predicted octanol–water partition coefficient (Wildman–Crippen LogP) is 3.07. The highest BCUT2D eigenvalue weighted by molar-refractivity contribution is 5.07. The average Bonchev–Trinajstić information content (AvgIpc) is 2.96. The van der Waals surface area contributed by atoms with Gasteiger partial charge in [-0.25, -0.2) is 0 Å². The van der Waals surface area contributed by atoms with Gasteiger partial charge in [0.2, 0.25) is 0 Å². The molecule has 0 bridgehead atoms. The van der Waals surface area contributed by atoms with Gasteiger partial charge in [0.05, 0.1) is 17.4 Å². The van der Waals surface area contributed by atoms with E-state index in [-0.39, 0.29) is 5.60 Å². The minimum absolute atomic E-state index is 0.0548. The van der Waals surface area contributed by atoms with E-state index < -0.39 is 6.10 Å². The summed E-state index contributed by atoms with van der Waals surface area (Å²) in [5.41, 5.74) is 1.02. The highest BCUT2D eigenvalue weighted by Gasteiger charge is 2.41. The monoisotopic (exact) mass is 278 g/mol. The summed E-state index contributed by atoms with van der Waals surface area (Å²) < 4.78 is 8.04. The van der Waals surface area contributed by atoms with Gasteiger partial charge in [0.15, 0.2) is 0 Å². The Balaban J connectivity index is 1.73. The molecule has 0 radical (unpaired) electrons. The highest BCUT2D eigenvalue weighted by Crippen LogP contribution is 2.44. The number of ether oxygens (including phenoxy) is 1. The number of aromatic nitrogens is 2. The van der Waals surface area contributed by atoms with E-state index in [1.165, 1.54) is 32.1 Å². The average molecular weight is 278 g/mol. The van der Waals surface area contributed by atoms with Crippen LogP contribution in [0, 0.1) is 5.92 Å². The Labute approximate surface area is 121 Å². The fourth-order valence-electron chi connectivity index (χ4n) is 3.98. The topological polar surface area (TPSA) is 47.3 Å². The summed E-state index contributed by atoms with van der Waals surface area (Å²) in [5.74, 6) is 0.309. The summed E-state index contributed by atoms with van der Waals surface area (Å²) in [7, 11) is 0. The number of aliphatic hydroxyl groups is 1. The molecule has 1 saturated carbocycles. The zero-order valence-corrected chi connectivity index (χ0v) is 12.4. The molecule has 4 heteroatoms. The molecule has 2 heterocycles. The van der Waals surface area contributed by atoms with Gasteiger partial charge in [-0.3, -0.25) is 4.68 Å². The molecular weight excluding hydrogens is 252 g/mol. The smallest absolute Gasteiger partial charge is 0.0986 e. The van der Waals surface area contributed by atoms with Crippen molar-refractivity contribution in [1.29, 1.82) is 0 Å². The van der Waals surface area contributed by atoms with Crippen LogP contribution < -0.4 is 0 Å². The Kier molecular flexibility index (Phi) is 4.13. The van der Waals surface area contributed by atoms with Crippen LogP contribution in [-0.4, -0.2) is 27.1 Å².